The van der Waals surface area contributed by atoms with Gasteiger partial charge in [0.1, 0.15) is 6.17 Å². The lowest BCUT2D eigenvalue weighted by molar-refractivity contribution is -0.133. The predicted molar refractivity (Wildman–Crippen MR) is 84.1 cm³/mol. The normalized spacial score (nSPS) is 31.0. The molecular formula is C16H24N2O2S. The maximum atomic E-state index is 12.8. The second-order valence-electron chi connectivity index (χ2n) is 6.04. The largest absolute Gasteiger partial charge is 0.381 e. The van der Waals surface area contributed by atoms with E-state index in [1.165, 1.54) is 4.88 Å². The Balaban J connectivity index is 1.83. The summed E-state index contributed by atoms with van der Waals surface area (Å²) in [6.45, 7) is 5.91. The van der Waals surface area contributed by atoms with Crippen LogP contribution < -0.4 is 5.32 Å². The number of hydrogen-bond donors (Lipinski definition) is 1. The number of nitrogens with one attached hydrogen (secondary N) is 1. The molecule has 0 bridgehead atoms. The minimum atomic E-state index is -0.0353. The molecule has 3 rings (SSSR count). The van der Waals surface area contributed by atoms with E-state index in [0.717, 1.165) is 32.5 Å². The minimum absolute atomic E-state index is 0.0321. The van der Waals surface area contributed by atoms with Crippen molar-refractivity contribution in [3.63, 3.8) is 0 Å². The molecule has 1 aromatic heterocycles. The number of rotatable bonds is 5. The molecule has 0 aromatic carbocycles. The zero-order valence-electron chi connectivity index (χ0n) is 12.7. The van der Waals surface area contributed by atoms with Crippen LogP contribution in [-0.2, 0) is 9.53 Å². The van der Waals surface area contributed by atoms with Crippen LogP contribution in [0.5, 0.6) is 0 Å². The fourth-order valence-electron chi connectivity index (χ4n) is 3.41. The van der Waals surface area contributed by atoms with E-state index in [1.807, 2.05) is 0 Å². The Labute approximate surface area is 130 Å². The van der Waals surface area contributed by atoms with Crippen LogP contribution in [0.25, 0.3) is 0 Å². The van der Waals surface area contributed by atoms with Crippen LogP contribution in [0.1, 0.15) is 44.2 Å². The van der Waals surface area contributed by atoms with Crippen LogP contribution in [0.4, 0.5) is 0 Å². The molecule has 2 aliphatic heterocycles. The number of nitrogens with zero attached hydrogens (tertiary/aromatic N) is 1. The molecule has 2 aliphatic rings. The lowest BCUT2D eigenvalue weighted by Gasteiger charge is -2.33. The maximum Gasteiger partial charge on any atom is 0.241 e. The van der Waals surface area contributed by atoms with Gasteiger partial charge in [-0.3, -0.25) is 10.1 Å². The topological polar surface area (TPSA) is 41.6 Å². The second-order valence-corrected chi connectivity index (χ2v) is 7.01. The van der Waals surface area contributed by atoms with Crippen molar-refractivity contribution in [3.8, 4) is 0 Å². The van der Waals surface area contributed by atoms with Crippen molar-refractivity contribution in [1.29, 1.82) is 0 Å². The van der Waals surface area contributed by atoms with E-state index >= 15 is 0 Å². The number of carbonyl (C=O) groups is 1. The Hall–Kier alpha value is -0.910. The van der Waals surface area contributed by atoms with Crippen molar-refractivity contribution in [1.82, 2.24) is 10.2 Å². The SMILES string of the molecule is CCCC1NC(c2cccs2)N(C(C)C2CCOC2)C1=O. The Bertz CT molecular complexity index is 471. The highest BCUT2D eigenvalue weighted by Gasteiger charge is 2.44. The van der Waals surface area contributed by atoms with Crippen LogP contribution in [-0.4, -0.2) is 36.1 Å². The van der Waals surface area contributed by atoms with E-state index in [2.05, 4.69) is 41.6 Å². The quantitative estimate of drug-likeness (QED) is 0.909. The van der Waals surface area contributed by atoms with Gasteiger partial charge >= 0.3 is 0 Å². The summed E-state index contributed by atoms with van der Waals surface area (Å²) in [5.41, 5.74) is 0. The molecule has 2 fully saturated rings. The predicted octanol–water partition coefficient (Wildman–Crippen LogP) is 2.77. The first-order chi connectivity index (χ1) is 10.2. The van der Waals surface area contributed by atoms with Gasteiger partial charge in [-0.05, 0) is 31.2 Å². The van der Waals surface area contributed by atoms with Gasteiger partial charge in [0, 0.05) is 23.4 Å². The van der Waals surface area contributed by atoms with E-state index < -0.39 is 0 Å². The molecule has 4 unspecified atom stereocenters. The molecular weight excluding hydrogens is 284 g/mol. The van der Waals surface area contributed by atoms with Gasteiger partial charge in [-0.15, -0.1) is 11.3 Å². The highest BCUT2D eigenvalue weighted by Crippen LogP contribution is 2.35. The van der Waals surface area contributed by atoms with Gasteiger partial charge in [0.15, 0.2) is 0 Å². The molecule has 1 N–H and O–H groups in total. The lowest BCUT2D eigenvalue weighted by Crippen LogP contribution is -2.42. The number of ether oxygens (including phenoxy) is 1. The molecule has 0 radical (unpaired) electrons. The zero-order valence-corrected chi connectivity index (χ0v) is 13.6. The van der Waals surface area contributed by atoms with E-state index in [0.29, 0.717) is 5.92 Å². The second kappa shape index (κ2) is 6.46. The van der Waals surface area contributed by atoms with Crippen molar-refractivity contribution < 1.29 is 9.53 Å². The van der Waals surface area contributed by atoms with Gasteiger partial charge in [0.2, 0.25) is 5.91 Å². The zero-order chi connectivity index (χ0) is 14.8. The first-order valence-corrected chi connectivity index (χ1v) is 8.79. The Kier molecular flexibility index (Phi) is 4.62. The lowest BCUT2D eigenvalue weighted by atomic mass is 9.98. The molecule has 4 nitrogen and oxygen atoms in total. The van der Waals surface area contributed by atoms with Crippen molar-refractivity contribution in [2.75, 3.05) is 13.2 Å². The van der Waals surface area contributed by atoms with E-state index in [-0.39, 0.29) is 24.2 Å². The molecule has 0 spiro atoms. The number of thiophene rings is 1. The fourth-order valence-corrected chi connectivity index (χ4v) is 4.19. The summed E-state index contributed by atoms with van der Waals surface area (Å²) in [5, 5.41) is 5.62. The van der Waals surface area contributed by atoms with E-state index in [4.69, 9.17) is 4.74 Å². The monoisotopic (exact) mass is 308 g/mol. The first-order valence-electron chi connectivity index (χ1n) is 7.91. The number of carbonyl (C=O) groups excluding carboxylic acids is 1. The molecule has 4 atom stereocenters. The summed E-state index contributed by atoms with van der Waals surface area (Å²) >= 11 is 1.72. The third-order valence-electron chi connectivity index (χ3n) is 4.67. The van der Waals surface area contributed by atoms with Crippen LogP contribution in [0.2, 0.25) is 0 Å². The van der Waals surface area contributed by atoms with Crippen LogP contribution in [0.3, 0.4) is 0 Å². The molecule has 0 aliphatic carbocycles. The molecule has 0 saturated carbocycles. The first kappa shape index (κ1) is 15.0. The van der Waals surface area contributed by atoms with Gasteiger partial charge in [-0.25, -0.2) is 0 Å². The summed E-state index contributed by atoms with van der Waals surface area (Å²) in [6, 6.07) is 4.36. The molecule has 21 heavy (non-hydrogen) atoms. The van der Waals surface area contributed by atoms with Gasteiger partial charge in [-0.1, -0.05) is 19.4 Å². The Morgan fingerprint density at radius 2 is 2.43 bits per heavy atom. The third kappa shape index (κ3) is 2.87. The van der Waals surface area contributed by atoms with Gasteiger partial charge in [-0.2, -0.15) is 0 Å². The van der Waals surface area contributed by atoms with Crippen molar-refractivity contribution >= 4 is 17.2 Å². The molecule has 1 amide bonds. The van der Waals surface area contributed by atoms with Gasteiger partial charge in [0.25, 0.3) is 0 Å². The smallest absolute Gasteiger partial charge is 0.241 e. The standard InChI is InChI=1S/C16H24N2O2S/c1-3-5-13-16(19)18(11(2)12-7-8-20-10-12)15(17-13)14-6-4-9-21-14/h4,6,9,11-13,15,17H,3,5,7-8,10H2,1-2H3. The molecule has 2 saturated heterocycles. The summed E-state index contributed by atoms with van der Waals surface area (Å²) in [7, 11) is 0. The van der Waals surface area contributed by atoms with Gasteiger partial charge < -0.3 is 9.64 Å². The number of amides is 1. The highest BCUT2D eigenvalue weighted by atomic mass is 32.1. The summed E-state index contributed by atoms with van der Waals surface area (Å²) in [5.74, 6) is 0.716. The van der Waals surface area contributed by atoms with E-state index in [1.54, 1.807) is 11.3 Å². The number of hydrogen-bond acceptors (Lipinski definition) is 4. The Morgan fingerprint density at radius 3 is 3.05 bits per heavy atom. The molecule has 3 heterocycles. The molecule has 116 valence electrons. The van der Waals surface area contributed by atoms with Gasteiger partial charge in [0.05, 0.1) is 12.6 Å². The van der Waals surface area contributed by atoms with Crippen LogP contribution in [0.15, 0.2) is 17.5 Å². The highest BCUT2D eigenvalue weighted by molar-refractivity contribution is 7.10. The molecule has 1 aromatic rings. The van der Waals surface area contributed by atoms with Crippen molar-refractivity contribution in [2.45, 2.75) is 51.4 Å². The fraction of sp³-hybridized carbons (Fsp3) is 0.688. The third-order valence-corrected chi connectivity index (χ3v) is 5.59. The minimum Gasteiger partial charge on any atom is -0.381 e. The molecule has 5 heteroatoms. The van der Waals surface area contributed by atoms with Crippen molar-refractivity contribution in [2.24, 2.45) is 5.92 Å². The Morgan fingerprint density at radius 1 is 1.57 bits per heavy atom. The average molecular weight is 308 g/mol. The maximum absolute atomic E-state index is 12.8. The summed E-state index contributed by atoms with van der Waals surface area (Å²) < 4.78 is 5.52. The average Bonchev–Trinajstić information content (AvgIpc) is 3.20. The van der Waals surface area contributed by atoms with Crippen LogP contribution >= 0.6 is 11.3 Å². The van der Waals surface area contributed by atoms with Crippen LogP contribution in [0, 0.1) is 5.92 Å². The van der Waals surface area contributed by atoms with Crippen molar-refractivity contribution in [3.05, 3.63) is 22.4 Å². The summed E-state index contributed by atoms with van der Waals surface area (Å²) in [4.78, 5) is 16.1. The summed E-state index contributed by atoms with van der Waals surface area (Å²) in [6.07, 6.45) is 3.02. The van der Waals surface area contributed by atoms with E-state index in [9.17, 15) is 4.79 Å².